The van der Waals surface area contributed by atoms with Crippen molar-refractivity contribution >= 4 is 73.7 Å². The lowest BCUT2D eigenvalue weighted by Crippen LogP contribution is -2.58. The fraction of sp³-hybridized carbons (Fsp3) is 0.238. The molecular weight excluding hydrogens is 474 g/mol. The van der Waals surface area contributed by atoms with Crippen molar-refractivity contribution in [3.8, 4) is 0 Å². The minimum Gasteiger partial charge on any atom is -0.465 e. The number of halogens is 1. The molecule has 2 N–H and O–H groups in total. The Balaban J connectivity index is 1.55. The number of rotatable bonds is 5. The van der Waals surface area contributed by atoms with E-state index in [0.717, 1.165) is 21.4 Å². The number of piperazine rings is 1. The summed E-state index contributed by atoms with van der Waals surface area (Å²) in [5.74, 6) is -1.89. The predicted octanol–water partition coefficient (Wildman–Crippen LogP) is 3.37. The molecule has 1 fully saturated rings. The van der Waals surface area contributed by atoms with Crippen molar-refractivity contribution in [3.05, 3.63) is 50.5 Å². The van der Waals surface area contributed by atoms with Crippen molar-refractivity contribution in [1.29, 1.82) is 0 Å². The maximum Gasteiger partial charge on any atom is 0.350 e. The summed E-state index contributed by atoms with van der Waals surface area (Å²) < 4.78 is 5.57. The second-order valence-electron chi connectivity index (χ2n) is 6.95. The Bertz CT molecular complexity index is 1220. The molecule has 0 spiro atoms. The van der Waals surface area contributed by atoms with Crippen molar-refractivity contribution in [2.24, 2.45) is 0 Å². The van der Waals surface area contributed by atoms with E-state index in [0.29, 0.717) is 15.6 Å². The molecule has 1 aliphatic heterocycles. The molecule has 0 radical (unpaired) electrons. The lowest BCUT2D eigenvalue weighted by Gasteiger charge is -2.34. The van der Waals surface area contributed by atoms with Crippen LogP contribution in [-0.4, -0.2) is 54.8 Å². The first kappa shape index (κ1) is 22.3. The van der Waals surface area contributed by atoms with E-state index >= 15 is 0 Å². The molecular formula is C21H18ClN3O5S2. The third-order valence-electron chi connectivity index (χ3n) is 5.01. The molecule has 3 amide bonds. The number of thiophene rings is 2. The number of anilines is 1. The lowest BCUT2D eigenvalue weighted by atomic mass is 10.1. The van der Waals surface area contributed by atoms with Gasteiger partial charge in [0.2, 0.25) is 11.8 Å². The Morgan fingerprint density at radius 2 is 2.03 bits per heavy atom. The van der Waals surface area contributed by atoms with Gasteiger partial charge in [0.15, 0.2) is 0 Å². The summed E-state index contributed by atoms with van der Waals surface area (Å²) in [6, 6.07) is 7.98. The van der Waals surface area contributed by atoms with Crippen LogP contribution < -0.4 is 10.6 Å². The first-order chi connectivity index (χ1) is 15.4. The molecule has 32 heavy (non-hydrogen) atoms. The third-order valence-corrected chi connectivity index (χ3v) is 7.57. The second kappa shape index (κ2) is 9.27. The molecule has 1 saturated heterocycles. The highest BCUT2D eigenvalue weighted by Gasteiger charge is 2.36. The summed E-state index contributed by atoms with van der Waals surface area (Å²) in [7, 11) is 1.25. The molecule has 3 heterocycles. The van der Waals surface area contributed by atoms with Gasteiger partial charge in [0.25, 0.3) is 5.91 Å². The molecule has 11 heteroatoms. The van der Waals surface area contributed by atoms with E-state index in [1.807, 2.05) is 24.3 Å². The number of fused-ring (bicyclic) bond motifs is 1. The number of hydrogen-bond acceptors (Lipinski definition) is 7. The molecule has 3 aromatic rings. The normalized spacial score (nSPS) is 16.0. The zero-order valence-corrected chi connectivity index (χ0v) is 19.2. The van der Waals surface area contributed by atoms with Gasteiger partial charge in [-0.25, -0.2) is 4.79 Å². The average molecular weight is 492 g/mol. The lowest BCUT2D eigenvalue weighted by molar-refractivity contribution is -0.131. The van der Waals surface area contributed by atoms with Gasteiger partial charge < -0.3 is 20.3 Å². The van der Waals surface area contributed by atoms with Crippen LogP contribution in [0.4, 0.5) is 5.69 Å². The number of esters is 1. The molecule has 166 valence electrons. The van der Waals surface area contributed by atoms with Crippen LogP contribution in [0.25, 0.3) is 10.1 Å². The van der Waals surface area contributed by atoms with E-state index < -0.39 is 29.7 Å². The van der Waals surface area contributed by atoms with Crippen molar-refractivity contribution in [3.63, 3.8) is 0 Å². The highest BCUT2D eigenvalue weighted by atomic mass is 35.5. The molecule has 0 saturated carbocycles. The van der Waals surface area contributed by atoms with Crippen molar-refractivity contribution in [2.75, 3.05) is 25.5 Å². The van der Waals surface area contributed by atoms with Crippen LogP contribution in [0.2, 0.25) is 5.02 Å². The molecule has 8 nitrogen and oxygen atoms in total. The molecule has 0 aliphatic carbocycles. The van der Waals surface area contributed by atoms with Crippen LogP contribution in [0, 0.1) is 0 Å². The maximum absolute atomic E-state index is 13.3. The minimum absolute atomic E-state index is 0.249. The summed E-state index contributed by atoms with van der Waals surface area (Å²) in [5, 5.41) is 8.09. The number of hydrogen-bond donors (Lipinski definition) is 2. The third kappa shape index (κ3) is 4.21. The number of nitrogens with zero attached hydrogens (tertiary/aromatic N) is 1. The molecule has 1 aromatic carbocycles. The predicted molar refractivity (Wildman–Crippen MR) is 124 cm³/mol. The highest BCUT2D eigenvalue weighted by molar-refractivity contribution is 7.21. The summed E-state index contributed by atoms with van der Waals surface area (Å²) in [6.07, 6.45) is -0.267. The number of benzene rings is 1. The number of carbonyl (C=O) groups is 4. The standard InChI is InChI=1S/C21H18ClN3O5S2/c1-30-21(29)17-12(6-9-31-17)24-15(26)10-13-19(27)23-7-8-25(13)20(28)18-16(22)11-4-2-3-5-14(11)32-18/h2-6,9,13H,7-8,10H2,1H3,(H,23,27)(H,24,26). The molecule has 1 atom stereocenters. The fourth-order valence-corrected chi connectivity index (χ4v) is 5.71. The number of amides is 3. The molecule has 0 bridgehead atoms. The van der Waals surface area contributed by atoms with Crippen LogP contribution in [0.1, 0.15) is 25.8 Å². The molecule has 2 aromatic heterocycles. The fourth-order valence-electron chi connectivity index (χ4n) is 3.48. The molecule has 1 unspecified atom stereocenters. The summed E-state index contributed by atoms with van der Waals surface area (Å²) in [5.41, 5.74) is 0.300. The Hall–Kier alpha value is -2.95. The summed E-state index contributed by atoms with van der Waals surface area (Å²) in [4.78, 5) is 52.4. The Kier molecular flexibility index (Phi) is 6.45. The van der Waals surface area contributed by atoms with E-state index in [4.69, 9.17) is 16.3 Å². The first-order valence-electron chi connectivity index (χ1n) is 9.62. The van der Waals surface area contributed by atoms with Crippen LogP contribution in [-0.2, 0) is 14.3 Å². The maximum atomic E-state index is 13.3. The van der Waals surface area contributed by atoms with Gasteiger partial charge in [-0.05, 0) is 17.5 Å². The van der Waals surface area contributed by atoms with Gasteiger partial charge in [-0.1, -0.05) is 29.8 Å². The van der Waals surface area contributed by atoms with E-state index in [9.17, 15) is 19.2 Å². The van der Waals surface area contributed by atoms with Crippen LogP contribution >= 0.6 is 34.3 Å². The van der Waals surface area contributed by atoms with Crippen LogP contribution in [0.5, 0.6) is 0 Å². The Morgan fingerprint density at radius 1 is 1.25 bits per heavy atom. The Morgan fingerprint density at radius 3 is 2.78 bits per heavy atom. The SMILES string of the molecule is COC(=O)c1sccc1NC(=O)CC1C(=O)NCCN1C(=O)c1sc2ccccc2c1Cl. The number of nitrogens with one attached hydrogen (secondary N) is 2. The Labute approximate surface area is 196 Å². The van der Waals surface area contributed by atoms with Crippen molar-refractivity contribution in [1.82, 2.24) is 10.2 Å². The topological polar surface area (TPSA) is 105 Å². The monoisotopic (exact) mass is 491 g/mol. The second-order valence-corrected chi connectivity index (χ2v) is 9.30. The van der Waals surface area contributed by atoms with Crippen molar-refractivity contribution < 1.29 is 23.9 Å². The van der Waals surface area contributed by atoms with Gasteiger partial charge in [0.05, 0.1) is 24.2 Å². The zero-order chi connectivity index (χ0) is 22.8. The first-order valence-corrected chi connectivity index (χ1v) is 11.7. The highest BCUT2D eigenvalue weighted by Crippen LogP contribution is 2.36. The van der Waals surface area contributed by atoms with Gasteiger partial charge in [-0.3, -0.25) is 14.4 Å². The number of ether oxygens (including phenoxy) is 1. The molecule has 1 aliphatic rings. The average Bonchev–Trinajstić information content (AvgIpc) is 3.38. The van der Waals surface area contributed by atoms with Gasteiger partial charge in [-0.15, -0.1) is 22.7 Å². The van der Waals surface area contributed by atoms with E-state index in [2.05, 4.69) is 10.6 Å². The van der Waals surface area contributed by atoms with Crippen molar-refractivity contribution in [2.45, 2.75) is 12.5 Å². The minimum atomic E-state index is -1.00. The zero-order valence-electron chi connectivity index (χ0n) is 16.8. The van der Waals surface area contributed by atoms with E-state index in [-0.39, 0.29) is 24.4 Å². The van der Waals surface area contributed by atoms with Gasteiger partial charge in [-0.2, -0.15) is 0 Å². The van der Waals surface area contributed by atoms with Crippen LogP contribution in [0.15, 0.2) is 35.7 Å². The summed E-state index contributed by atoms with van der Waals surface area (Å²) in [6.45, 7) is 0.529. The van der Waals surface area contributed by atoms with E-state index in [1.165, 1.54) is 23.3 Å². The quantitative estimate of drug-likeness (QED) is 0.532. The van der Waals surface area contributed by atoms with Gasteiger partial charge >= 0.3 is 5.97 Å². The van der Waals surface area contributed by atoms with Gasteiger partial charge in [0, 0.05) is 23.2 Å². The van der Waals surface area contributed by atoms with Crippen LogP contribution in [0.3, 0.4) is 0 Å². The summed E-state index contributed by atoms with van der Waals surface area (Å²) >= 11 is 8.84. The number of methoxy groups -OCH3 is 1. The molecule has 4 rings (SSSR count). The smallest absolute Gasteiger partial charge is 0.350 e. The largest absolute Gasteiger partial charge is 0.465 e. The van der Waals surface area contributed by atoms with E-state index in [1.54, 1.807) is 11.4 Å². The van der Waals surface area contributed by atoms with Gasteiger partial charge in [0.1, 0.15) is 15.8 Å². The number of carbonyl (C=O) groups excluding carboxylic acids is 4.